The van der Waals surface area contributed by atoms with Crippen LogP contribution in [-0.4, -0.2) is 18.7 Å². The molecule has 132 valence electrons. The highest BCUT2D eigenvalue weighted by Crippen LogP contribution is 2.31. The van der Waals surface area contributed by atoms with E-state index in [1.54, 1.807) is 6.07 Å². The van der Waals surface area contributed by atoms with E-state index in [9.17, 15) is 18.0 Å². The number of rotatable bonds is 5. The van der Waals surface area contributed by atoms with Gasteiger partial charge in [0.15, 0.2) is 6.61 Å². The van der Waals surface area contributed by atoms with Gasteiger partial charge in [-0.25, -0.2) is 5.43 Å². The summed E-state index contributed by atoms with van der Waals surface area (Å²) in [5.74, 6) is 0.00296. The van der Waals surface area contributed by atoms with Crippen LogP contribution >= 0.6 is 0 Å². The number of carbonyl (C=O) groups is 1. The van der Waals surface area contributed by atoms with Crippen LogP contribution in [0, 0.1) is 13.8 Å². The largest absolute Gasteiger partial charge is 0.483 e. The number of hydrogen-bond donors (Lipinski definition) is 1. The Bertz CT molecular complexity index is 786. The molecule has 0 bridgehead atoms. The Morgan fingerprint density at radius 1 is 1.16 bits per heavy atom. The van der Waals surface area contributed by atoms with Crippen molar-refractivity contribution in [2.24, 2.45) is 5.10 Å². The van der Waals surface area contributed by atoms with Gasteiger partial charge in [0.1, 0.15) is 5.75 Å². The molecule has 2 aromatic rings. The van der Waals surface area contributed by atoms with Crippen molar-refractivity contribution in [2.45, 2.75) is 20.0 Å². The topological polar surface area (TPSA) is 50.7 Å². The first-order chi connectivity index (χ1) is 11.8. The third-order valence-electron chi connectivity index (χ3n) is 3.57. The SMILES string of the molecule is Cc1cccc(OCC(=O)NN=Cc2ccccc2C(F)(F)F)c1C. The zero-order chi connectivity index (χ0) is 18.4. The lowest BCUT2D eigenvalue weighted by atomic mass is 10.1. The van der Waals surface area contributed by atoms with Gasteiger partial charge in [0.05, 0.1) is 11.8 Å². The van der Waals surface area contributed by atoms with Crippen molar-refractivity contribution < 1.29 is 22.7 Å². The highest BCUT2D eigenvalue weighted by Gasteiger charge is 2.32. The number of carbonyl (C=O) groups excluding carboxylic acids is 1. The molecular formula is C18H17F3N2O2. The molecule has 2 aromatic carbocycles. The molecule has 0 aliphatic carbocycles. The van der Waals surface area contributed by atoms with Gasteiger partial charge >= 0.3 is 6.18 Å². The van der Waals surface area contributed by atoms with Crippen molar-refractivity contribution in [3.63, 3.8) is 0 Å². The van der Waals surface area contributed by atoms with E-state index in [0.717, 1.165) is 23.4 Å². The number of hydrazone groups is 1. The van der Waals surface area contributed by atoms with Crippen LogP contribution in [0.1, 0.15) is 22.3 Å². The Morgan fingerprint density at radius 2 is 1.88 bits per heavy atom. The fourth-order valence-corrected chi connectivity index (χ4v) is 2.10. The minimum Gasteiger partial charge on any atom is -0.483 e. The maximum atomic E-state index is 12.8. The first kappa shape index (κ1) is 18.5. The summed E-state index contributed by atoms with van der Waals surface area (Å²) in [5, 5.41) is 3.56. The van der Waals surface area contributed by atoms with Gasteiger partial charge in [-0.2, -0.15) is 18.3 Å². The summed E-state index contributed by atoms with van der Waals surface area (Å²) in [5.41, 5.74) is 3.14. The molecule has 0 radical (unpaired) electrons. The average molecular weight is 350 g/mol. The van der Waals surface area contributed by atoms with E-state index in [1.165, 1.54) is 18.2 Å². The average Bonchev–Trinajstić information content (AvgIpc) is 2.56. The zero-order valence-corrected chi connectivity index (χ0v) is 13.7. The Labute approximate surface area is 143 Å². The maximum Gasteiger partial charge on any atom is 0.417 e. The number of ether oxygens (including phenoxy) is 1. The highest BCUT2D eigenvalue weighted by molar-refractivity contribution is 5.84. The lowest BCUT2D eigenvalue weighted by Crippen LogP contribution is -2.25. The van der Waals surface area contributed by atoms with E-state index >= 15 is 0 Å². The Morgan fingerprint density at radius 3 is 2.60 bits per heavy atom. The van der Waals surface area contributed by atoms with Crippen LogP contribution in [0.3, 0.4) is 0 Å². The molecule has 1 amide bonds. The molecule has 0 spiro atoms. The molecule has 0 unspecified atom stereocenters. The number of alkyl halides is 3. The lowest BCUT2D eigenvalue weighted by molar-refractivity contribution is -0.137. The van der Waals surface area contributed by atoms with E-state index in [0.29, 0.717) is 5.75 Å². The van der Waals surface area contributed by atoms with Crippen LogP contribution in [0.25, 0.3) is 0 Å². The van der Waals surface area contributed by atoms with Crippen molar-refractivity contribution in [3.05, 3.63) is 64.7 Å². The van der Waals surface area contributed by atoms with E-state index in [-0.39, 0.29) is 12.2 Å². The summed E-state index contributed by atoms with van der Waals surface area (Å²) in [4.78, 5) is 11.7. The van der Waals surface area contributed by atoms with Gasteiger partial charge < -0.3 is 4.74 Å². The molecule has 0 aromatic heterocycles. The predicted octanol–water partition coefficient (Wildman–Crippen LogP) is 3.85. The Kier molecular flexibility index (Phi) is 5.80. The molecule has 7 heteroatoms. The second-order valence-electron chi connectivity index (χ2n) is 5.36. The van der Waals surface area contributed by atoms with Gasteiger partial charge in [0.2, 0.25) is 0 Å². The second-order valence-corrected chi connectivity index (χ2v) is 5.36. The van der Waals surface area contributed by atoms with Crippen LogP contribution in [0.5, 0.6) is 5.75 Å². The predicted molar refractivity (Wildman–Crippen MR) is 88.6 cm³/mol. The molecule has 2 rings (SSSR count). The van der Waals surface area contributed by atoms with Gasteiger partial charge in [-0.15, -0.1) is 0 Å². The van der Waals surface area contributed by atoms with Crippen molar-refractivity contribution in [1.82, 2.24) is 5.43 Å². The Hall–Kier alpha value is -2.83. The first-order valence-electron chi connectivity index (χ1n) is 7.46. The van der Waals surface area contributed by atoms with E-state index in [1.807, 2.05) is 26.0 Å². The minimum atomic E-state index is -4.49. The molecule has 0 aliphatic heterocycles. The lowest BCUT2D eigenvalue weighted by Gasteiger charge is -2.10. The summed E-state index contributed by atoms with van der Waals surface area (Å²) >= 11 is 0. The first-order valence-corrected chi connectivity index (χ1v) is 7.46. The van der Waals surface area contributed by atoms with E-state index in [2.05, 4.69) is 10.5 Å². The quantitative estimate of drug-likeness (QED) is 0.658. The van der Waals surface area contributed by atoms with Crippen molar-refractivity contribution in [3.8, 4) is 5.75 Å². The third kappa shape index (κ3) is 5.07. The number of nitrogens with one attached hydrogen (secondary N) is 1. The van der Waals surface area contributed by atoms with Gasteiger partial charge in [0.25, 0.3) is 5.91 Å². The molecule has 0 atom stereocenters. The van der Waals surface area contributed by atoms with Crippen LogP contribution < -0.4 is 10.2 Å². The zero-order valence-electron chi connectivity index (χ0n) is 13.7. The molecular weight excluding hydrogens is 333 g/mol. The normalized spacial score (nSPS) is 11.6. The van der Waals surface area contributed by atoms with Gasteiger partial charge in [0, 0.05) is 5.56 Å². The van der Waals surface area contributed by atoms with Crippen LogP contribution in [-0.2, 0) is 11.0 Å². The smallest absolute Gasteiger partial charge is 0.417 e. The van der Waals surface area contributed by atoms with E-state index < -0.39 is 17.6 Å². The molecule has 4 nitrogen and oxygen atoms in total. The number of halogens is 3. The second kappa shape index (κ2) is 7.83. The molecule has 0 saturated carbocycles. The van der Waals surface area contributed by atoms with Crippen LogP contribution in [0.15, 0.2) is 47.6 Å². The number of aryl methyl sites for hydroxylation is 1. The summed E-state index contributed by atoms with van der Waals surface area (Å²) < 4.78 is 43.9. The molecule has 0 heterocycles. The number of benzene rings is 2. The van der Waals surface area contributed by atoms with Crippen molar-refractivity contribution >= 4 is 12.1 Å². The number of nitrogens with zero attached hydrogens (tertiary/aromatic N) is 1. The standard InChI is InChI=1S/C18H17F3N2O2/c1-12-6-5-9-16(13(12)2)25-11-17(24)23-22-10-14-7-3-4-8-15(14)18(19,20)21/h3-10H,11H2,1-2H3,(H,23,24). The van der Waals surface area contributed by atoms with Gasteiger partial charge in [-0.3, -0.25) is 4.79 Å². The number of amides is 1. The summed E-state index contributed by atoms with van der Waals surface area (Å²) in [6, 6.07) is 10.4. The molecule has 1 N–H and O–H groups in total. The molecule has 0 aliphatic rings. The van der Waals surface area contributed by atoms with Crippen LogP contribution in [0.2, 0.25) is 0 Å². The fourth-order valence-electron chi connectivity index (χ4n) is 2.10. The van der Waals surface area contributed by atoms with Crippen molar-refractivity contribution in [2.75, 3.05) is 6.61 Å². The maximum absolute atomic E-state index is 12.8. The molecule has 0 fully saturated rings. The van der Waals surface area contributed by atoms with E-state index in [4.69, 9.17) is 4.74 Å². The number of hydrogen-bond acceptors (Lipinski definition) is 3. The molecule has 0 saturated heterocycles. The Balaban J connectivity index is 1.94. The summed E-state index contributed by atoms with van der Waals surface area (Å²) in [7, 11) is 0. The molecule has 25 heavy (non-hydrogen) atoms. The van der Waals surface area contributed by atoms with Crippen LogP contribution in [0.4, 0.5) is 13.2 Å². The highest BCUT2D eigenvalue weighted by atomic mass is 19.4. The fraction of sp³-hybridized carbons (Fsp3) is 0.222. The van der Waals surface area contributed by atoms with Crippen molar-refractivity contribution in [1.29, 1.82) is 0 Å². The minimum absolute atomic E-state index is 0.134. The monoisotopic (exact) mass is 350 g/mol. The third-order valence-corrected chi connectivity index (χ3v) is 3.57. The summed E-state index contributed by atoms with van der Waals surface area (Å²) in [6.07, 6.45) is -3.53. The van der Waals surface area contributed by atoms with Gasteiger partial charge in [-0.05, 0) is 37.1 Å². The summed E-state index contributed by atoms with van der Waals surface area (Å²) in [6.45, 7) is 3.50. The van der Waals surface area contributed by atoms with Gasteiger partial charge in [-0.1, -0.05) is 30.3 Å².